The number of aromatic nitrogens is 4. The number of benzene rings is 1. The number of piperidine rings is 1. The summed E-state index contributed by atoms with van der Waals surface area (Å²) in [7, 11) is -1.51. The van der Waals surface area contributed by atoms with Crippen LogP contribution in [0.3, 0.4) is 0 Å². The summed E-state index contributed by atoms with van der Waals surface area (Å²) in [6.45, 7) is 7.01. The van der Waals surface area contributed by atoms with Gasteiger partial charge in [0.25, 0.3) is 0 Å². The number of pyridine rings is 1. The highest BCUT2D eigenvalue weighted by Gasteiger charge is 2.26. The fraction of sp³-hybridized carbons (Fsp3) is 0.414. The van der Waals surface area contributed by atoms with Crippen LogP contribution in [0.4, 0.5) is 14.6 Å². The van der Waals surface area contributed by atoms with E-state index >= 15 is 8.78 Å². The molecule has 0 bridgehead atoms. The lowest BCUT2D eigenvalue weighted by molar-refractivity contribution is 0.220. The zero-order valence-corrected chi connectivity index (χ0v) is 23.8. The van der Waals surface area contributed by atoms with Crippen molar-refractivity contribution in [2.45, 2.75) is 44.9 Å². The molecule has 1 aromatic carbocycles. The van der Waals surface area contributed by atoms with Crippen molar-refractivity contribution in [3.63, 3.8) is 0 Å². The van der Waals surface area contributed by atoms with E-state index in [2.05, 4.69) is 26.7 Å². The van der Waals surface area contributed by atoms with Crippen LogP contribution in [-0.4, -0.2) is 71.3 Å². The summed E-state index contributed by atoms with van der Waals surface area (Å²) in [6, 6.07) is 6.32. The first-order chi connectivity index (χ1) is 19.2. The number of likely N-dealkylation sites (tertiary alicyclic amines) is 1. The Bertz CT molecular complexity index is 1600. The number of hydrogen-bond acceptors (Lipinski definition) is 7. The van der Waals surface area contributed by atoms with E-state index in [1.54, 1.807) is 25.5 Å². The number of halogens is 2. The first-order valence-electron chi connectivity index (χ1n) is 13.6. The molecule has 0 aliphatic carbocycles. The number of anilines is 1. The van der Waals surface area contributed by atoms with E-state index in [1.807, 2.05) is 19.2 Å². The molecule has 0 amide bonds. The third-order valence-corrected chi connectivity index (χ3v) is 9.48. The quantitative estimate of drug-likeness (QED) is 0.281. The largest absolute Gasteiger partial charge is 0.357 e. The Morgan fingerprint density at radius 1 is 1.05 bits per heavy atom. The van der Waals surface area contributed by atoms with Crippen molar-refractivity contribution >= 4 is 26.7 Å². The number of nitrogens with zero attached hydrogens (tertiary/aromatic N) is 6. The molecule has 40 heavy (non-hydrogen) atoms. The SMILES string of the molecule is CCCS(=O)(=O)Cc1ccc(F)c(-n2cc(-c3cncnc3)c3nc(N(C)C4CCN(CC)CC4)ccc32)c1F. The third kappa shape index (κ3) is 5.57. The molecule has 212 valence electrons. The van der Waals surface area contributed by atoms with Crippen LogP contribution in [0.15, 0.2) is 49.2 Å². The van der Waals surface area contributed by atoms with E-state index in [9.17, 15) is 8.42 Å². The van der Waals surface area contributed by atoms with Crippen molar-refractivity contribution in [3.8, 4) is 16.8 Å². The number of sulfone groups is 1. The van der Waals surface area contributed by atoms with Crippen molar-refractivity contribution < 1.29 is 17.2 Å². The topological polar surface area (TPSA) is 84.2 Å². The van der Waals surface area contributed by atoms with E-state index in [0.29, 0.717) is 34.6 Å². The summed E-state index contributed by atoms with van der Waals surface area (Å²) in [5.41, 5.74) is 1.90. The maximum atomic E-state index is 15.9. The predicted molar refractivity (Wildman–Crippen MR) is 153 cm³/mol. The molecular weight excluding hydrogens is 534 g/mol. The van der Waals surface area contributed by atoms with Crippen LogP contribution in [0.2, 0.25) is 0 Å². The molecule has 0 saturated carbocycles. The smallest absolute Gasteiger partial charge is 0.154 e. The van der Waals surface area contributed by atoms with E-state index in [4.69, 9.17) is 4.98 Å². The van der Waals surface area contributed by atoms with Crippen LogP contribution in [0.1, 0.15) is 38.7 Å². The van der Waals surface area contributed by atoms with Crippen LogP contribution in [0.25, 0.3) is 27.8 Å². The van der Waals surface area contributed by atoms with Crippen molar-refractivity contribution in [1.82, 2.24) is 24.4 Å². The second-order valence-electron chi connectivity index (χ2n) is 10.3. The average Bonchev–Trinajstić information content (AvgIpc) is 3.33. The first-order valence-corrected chi connectivity index (χ1v) is 15.4. The summed E-state index contributed by atoms with van der Waals surface area (Å²) >= 11 is 0. The van der Waals surface area contributed by atoms with Gasteiger partial charge >= 0.3 is 0 Å². The van der Waals surface area contributed by atoms with Crippen LogP contribution in [0, 0.1) is 11.6 Å². The van der Waals surface area contributed by atoms with Crippen LogP contribution in [-0.2, 0) is 15.6 Å². The summed E-state index contributed by atoms with van der Waals surface area (Å²) in [6.07, 6.45) is 8.76. The Balaban J connectivity index is 1.62. The Morgan fingerprint density at radius 3 is 2.45 bits per heavy atom. The zero-order valence-electron chi connectivity index (χ0n) is 23.0. The first kappa shape index (κ1) is 28.1. The van der Waals surface area contributed by atoms with Gasteiger partial charge in [-0.1, -0.05) is 19.9 Å². The normalized spacial score (nSPS) is 15.1. The average molecular weight is 569 g/mol. The number of hydrogen-bond donors (Lipinski definition) is 0. The molecule has 8 nitrogen and oxygen atoms in total. The summed E-state index contributed by atoms with van der Waals surface area (Å²) in [4.78, 5) is 17.8. The fourth-order valence-corrected chi connectivity index (χ4v) is 6.93. The fourth-order valence-electron chi connectivity index (χ4n) is 5.47. The van der Waals surface area contributed by atoms with Gasteiger partial charge in [-0.15, -0.1) is 0 Å². The van der Waals surface area contributed by atoms with Crippen LogP contribution < -0.4 is 4.90 Å². The van der Waals surface area contributed by atoms with Gasteiger partial charge in [-0.3, -0.25) is 0 Å². The Kier molecular flexibility index (Phi) is 8.14. The van der Waals surface area contributed by atoms with E-state index in [-0.39, 0.29) is 17.0 Å². The Morgan fingerprint density at radius 2 is 1.77 bits per heavy atom. The molecule has 1 saturated heterocycles. The van der Waals surface area contributed by atoms with Crippen LogP contribution >= 0.6 is 0 Å². The molecule has 0 atom stereocenters. The second-order valence-corrected chi connectivity index (χ2v) is 12.5. The summed E-state index contributed by atoms with van der Waals surface area (Å²) < 4.78 is 57.5. The molecule has 4 heterocycles. The monoisotopic (exact) mass is 568 g/mol. The Labute approximate surface area is 233 Å². The molecule has 1 aliphatic rings. The van der Waals surface area contributed by atoms with Crippen molar-refractivity contribution in [3.05, 3.63) is 66.4 Å². The van der Waals surface area contributed by atoms with Gasteiger partial charge in [0.15, 0.2) is 15.7 Å². The highest BCUT2D eigenvalue weighted by Crippen LogP contribution is 2.35. The minimum Gasteiger partial charge on any atom is -0.357 e. The predicted octanol–water partition coefficient (Wildman–Crippen LogP) is 5.01. The maximum Gasteiger partial charge on any atom is 0.154 e. The van der Waals surface area contributed by atoms with Gasteiger partial charge in [-0.2, -0.15) is 0 Å². The molecule has 11 heteroatoms. The van der Waals surface area contributed by atoms with Gasteiger partial charge in [0.2, 0.25) is 0 Å². The van der Waals surface area contributed by atoms with Crippen molar-refractivity contribution in [2.75, 3.05) is 37.3 Å². The molecule has 0 unspecified atom stereocenters. The molecule has 5 rings (SSSR count). The summed E-state index contributed by atoms with van der Waals surface area (Å²) in [5.74, 6) is -1.51. The lowest BCUT2D eigenvalue weighted by atomic mass is 10.0. The van der Waals surface area contributed by atoms with Gasteiger partial charge in [0, 0.05) is 61.5 Å². The number of fused-ring (bicyclic) bond motifs is 1. The molecule has 0 N–H and O–H groups in total. The van der Waals surface area contributed by atoms with Gasteiger partial charge < -0.3 is 14.4 Å². The lowest BCUT2D eigenvalue weighted by Gasteiger charge is -2.36. The number of rotatable bonds is 9. The maximum absolute atomic E-state index is 15.9. The van der Waals surface area contributed by atoms with Gasteiger partial charge in [-0.25, -0.2) is 32.2 Å². The second kappa shape index (κ2) is 11.6. The van der Waals surface area contributed by atoms with Gasteiger partial charge in [0.1, 0.15) is 23.6 Å². The standard InChI is InChI=1S/C29H34F2N6O2S/c1-4-14-40(38,39)18-20-6-7-24(30)29(27(20)31)37-17-23(21-15-32-19-33-16-21)28-25(37)8-9-26(34-28)35(3)22-10-12-36(5-2)13-11-22/h6-9,15-17,19,22H,4-5,10-14,18H2,1-3H3. The highest BCUT2D eigenvalue weighted by atomic mass is 32.2. The minimum absolute atomic E-state index is 0.0680. The summed E-state index contributed by atoms with van der Waals surface area (Å²) in [5, 5.41) is 0. The molecular formula is C29H34F2N6O2S. The van der Waals surface area contributed by atoms with E-state index < -0.39 is 27.2 Å². The molecule has 4 aromatic rings. The molecule has 3 aromatic heterocycles. The van der Waals surface area contributed by atoms with Crippen LogP contribution in [0.5, 0.6) is 0 Å². The minimum atomic E-state index is -3.54. The van der Waals surface area contributed by atoms with E-state index in [0.717, 1.165) is 44.4 Å². The Hall–Kier alpha value is -3.44. The lowest BCUT2D eigenvalue weighted by Crippen LogP contribution is -2.43. The van der Waals surface area contributed by atoms with Crippen molar-refractivity contribution in [1.29, 1.82) is 0 Å². The highest BCUT2D eigenvalue weighted by molar-refractivity contribution is 7.90. The van der Waals surface area contributed by atoms with Crippen molar-refractivity contribution in [2.24, 2.45) is 0 Å². The van der Waals surface area contributed by atoms with E-state index in [1.165, 1.54) is 17.0 Å². The molecule has 0 spiro atoms. The zero-order chi connectivity index (χ0) is 28.4. The third-order valence-electron chi connectivity index (χ3n) is 7.70. The molecule has 0 radical (unpaired) electrons. The molecule has 1 aliphatic heterocycles. The van der Waals surface area contributed by atoms with Gasteiger partial charge in [0.05, 0.1) is 22.5 Å². The van der Waals surface area contributed by atoms with Gasteiger partial charge in [-0.05, 0) is 44.0 Å². The molecule has 1 fully saturated rings.